The second kappa shape index (κ2) is 51.8. The van der Waals surface area contributed by atoms with E-state index >= 15 is 28.8 Å². The molecule has 1 aromatic heterocycles. The Hall–Kier alpha value is -11.5. The first-order valence-electron chi connectivity index (χ1n) is 44.0. The van der Waals surface area contributed by atoms with Gasteiger partial charge < -0.3 is 118 Å². The second-order valence-corrected chi connectivity index (χ2v) is 38.2. The van der Waals surface area contributed by atoms with Crippen LogP contribution in [-0.4, -0.2) is 232 Å². The summed E-state index contributed by atoms with van der Waals surface area (Å²) in [6.07, 6.45) is -0.551. The maximum absolute atomic E-state index is 16.4. The molecule has 6 rings (SSSR count). The number of benzene rings is 4. The molecule has 2 heterocycles. The molecule has 38 nitrogen and oxygen atoms in total. The smallest absolute Gasteiger partial charge is 0.246 e. The van der Waals surface area contributed by atoms with Crippen LogP contribution in [0.4, 0.5) is 0 Å². The number of rotatable bonds is 46. The molecule has 0 bridgehead atoms. The zero-order valence-corrected chi connectivity index (χ0v) is 77.9. The van der Waals surface area contributed by atoms with Crippen LogP contribution >= 0.6 is 21.6 Å². The third-order valence-corrected chi connectivity index (χ3v) is 26.3. The van der Waals surface area contributed by atoms with Crippen LogP contribution in [0.25, 0.3) is 21.7 Å². The molecule has 0 saturated carbocycles. The van der Waals surface area contributed by atoms with Crippen molar-refractivity contribution in [3.63, 3.8) is 0 Å². The van der Waals surface area contributed by atoms with Crippen LogP contribution in [0.15, 0.2) is 91.1 Å². The normalized spacial score (nSPS) is 19.3. The molecular formula is C90H134N20O18S2. The van der Waals surface area contributed by atoms with Crippen molar-refractivity contribution in [3.8, 4) is 5.75 Å². The fourth-order valence-corrected chi connectivity index (χ4v) is 17.7. The Morgan fingerprint density at radius 2 is 1.18 bits per heavy atom. The van der Waals surface area contributed by atoms with Crippen molar-refractivity contribution in [1.82, 2.24) is 79.4 Å². The van der Waals surface area contributed by atoms with Crippen LogP contribution < -0.4 is 108 Å². The Morgan fingerprint density at radius 1 is 0.585 bits per heavy atom. The highest BCUT2D eigenvalue weighted by Crippen LogP contribution is 2.47. The number of carbonyl (C=O) groups is 16. The van der Waals surface area contributed by atoms with Gasteiger partial charge in [0.2, 0.25) is 94.5 Å². The summed E-state index contributed by atoms with van der Waals surface area (Å²) < 4.78 is 2.63. The van der Waals surface area contributed by atoms with Crippen molar-refractivity contribution in [3.05, 3.63) is 113 Å². The predicted octanol–water partition coefficient (Wildman–Crippen LogP) is 0.443. The van der Waals surface area contributed by atoms with Crippen molar-refractivity contribution in [2.75, 3.05) is 39.3 Å². The summed E-state index contributed by atoms with van der Waals surface area (Å²) in [7, 11) is 1.85. The molecule has 714 valence electrons. The van der Waals surface area contributed by atoms with Crippen LogP contribution in [0, 0.1) is 12.8 Å². The molecule has 130 heavy (non-hydrogen) atoms. The van der Waals surface area contributed by atoms with Gasteiger partial charge in [-0.2, -0.15) is 0 Å². The minimum Gasteiger partial charge on any atom is -0.492 e. The zero-order valence-electron chi connectivity index (χ0n) is 76.3. The quantitative estimate of drug-likeness (QED) is 0.0186. The number of hydrogen-bond acceptors (Lipinski definition) is 23. The van der Waals surface area contributed by atoms with Gasteiger partial charge >= 0.3 is 0 Å². The molecule has 1 saturated heterocycles. The lowest BCUT2D eigenvalue weighted by Crippen LogP contribution is -2.65. The Labute approximate surface area is 766 Å². The molecule has 13 atom stereocenters. The third-order valence-electron chi connectivity index (χ3n) is 22.1. The number of nitrogens with two attached hydrogens (primary N) is 5. The van der Waals surface area contributed by atoms with Crippen molar-refractivity contribution in [2.45, 2.75) is 273 Å². The number of H-pyrrole nitrogens is 1. The minimum absolute atomic E-state index is 0.00944. The van der Waals surface area contributed by atoms with Gasteiger partial charge in [-0.25, -0.2) is 0 Å². The Kier molecular flexibility index (Phi) is 42.8. The first-order chi connectivity index (χ1) is 61.3. The summed E-state index contributed by atoms with van der Waals surface area (Å²) in [6.45, 7) is 18.8. The molecule has 0 aliphatic carbocycles. The van der Waals surface area contributed by atoms with E-state index in [2.05, 4.69) is 79.4 Å². The van der Waals surface area contributed by atoms with E-state index in [4.69, 9.17) is 33.4 Å². The average molecular weight is 1850 g/mol. The summed E-state index contributed by atoms with van der Waals surface area (Å²) >= 11 is 0. The van der Waals surface area contributed by atoms with E-state index in [0.717, 1.165) is 62.7 Å². The average Bonchev–Trinajstić information content (AvgIpc) is 1.31. The number of aromatic nitrogens is 1. The highest BCUT2D eigenvalue weighted by molar-refractivity contribution is 8.77. The molecule has 0 radical (unpaired) electrons. The molecule has 16 amide bonds. The number of amides is 16. The lowest BCUT2D eigenvalue weighted by atomic mass is 9.91. The Bertz CT molecular complexity index is 4760. The maximum atomic E-state index is 16.4. The number of ether oxygens (including phenoxy) is 1. The van der Waals surface area contributed by atoms with Gasteiger partial charge in [-0.15, -0.1) is 0 Å². The molecule has 1 aliphatic rings. The van der Waals surface area contributed by atoms with E-state index in [0.29, 0.717) is 41.7 Å². The monoisotopic (exact) mass is 1850 g/mol. The van der Waals surface area contributed by atoms with Crippen LogP contribution in [0.1, 0.15) is 182 Å². The summed E-state index contributed by atoms with van der Waals surface area (Å²) in [4.78, 5) is 233. The summed E-state index contributed by atoms with van der Waals surface area (Å²) in [6, 6.07) is 7.67. The lowest BCUT2D eigenvalue weighted by molar-refractivity contribution is -0.138. The fourth-order valence-electron chi connectivity index (χ4n) is 14.9. The molecular weight excluding hydrogens is 1710 g/mol. The van der Waals surface area contributed by atoms with Gasteiger partial charge in [0.15, 0.2) is 0 Å². The van der Waals surface area contributed by atoms with Gasteiger partial charge in [-0.1, -0.05) is 108 Å². The molecule has 4 aromatic carbocycles. The van der Waals surface area contributed by atoms with Gasteiger partial charge in [0, 0.05) is 92.8 Å². The number of primary amides is 3. The number of hydrogen-bond donors (Lipinski definition) is 21. The number of aromatic amines is 1. The number of para-hydroxylation sites is 1. The summed E-state index contributed by atoms with van der Waals surface area (Å²) in [5, 5.41) is 52.3. The van der Waals surface area contributed by atoms with E-state index in [1.807, 2.05) is 69.3 Å². The van der Waals surface area contributed by atoms with E-state index < -0.39 is 183 Å². The molecule has 40 heteroatoms. The number of carbonyl (C=O) groups excluding carboxylic acids is 16. The van der Waals surface area contributed by atoms with Gasteiger partial charge in [-0.05, 0) is 183 Å². The predicted molar refractivity (Wildman–Crippen MR) is 496 cm³/mol. The maximum Gasteiger partial charge on any atom is 0.246 e. The Morgan fingerprint density at radius 3 is 1.81 bits per heavy atom. The van der Waals surface area contributed by atoms with Crippen LogP contribution in [0.5, 0.6) is 5.75 Å². The second-order valence-electron chi connectivity index (χ2n) is 34.8. The highest BCUT2D eigenvalue weighted by atomic mass is 33.1. The van der Waals surface area contributed by atoms with Gasteiger partial charge in [-0.3, -0.25) is 76.7 Å². The number of aryl methyl sites for hydroxylation is 2. The van der Waals surface area contributed by atoms with Crippen LogP contribution in [-0.2, 0) is 96.0 Å². The number of aliphatic hydroxyl groups is 1. The van der Waals surface area contributed by atoms with Gasteiger partial charge in [0.25, 0.3) is 0 Å². The first-order valence-corrected chi connectivity index (χ1v) is 46.1. The van der Waals surface area contributed by atoms with Gasteiger partial charge in [0.05, 0.1) is 24.6 Å². The number of unbranched alkanes of at least 4 members (excludes halogenated alkanes) is 3. The number of aliphatic hydroxyl groups excluding tert-OH is 1. The molecule has 1 fully saturated rings. The SMILES string of the molecule is CC(=O)NCCCC[C@@H]1NC(=O)[C@H](CCc2c[nH]c3c(C)cccc23)NC(=O)[C@H]([C@@H](C)O)NC(=O)[C@H](CC(N)=O)NC(=O)[C@@H](NC(C)=O)C(C)(C)SSC(C)(C)[C@@H](C(=O)N[C@@H](Cc2ccc(OCCN)cc2)C(=O)N[C@@H](Cc2ccc3ccccc3c2)C(=O)N[C@@](C)(CCCCN)C(=O)N[C@@H](CCCCNC(C)=O)C(=O)N[C@H](CN[C@H](CC(C)C)C(N)=O)CC(N)=O)NC1=O. The molecule has 5 aromatic rings. The topological polar surface area (TPSA) is 617 Å². The van der Waals surface area contributed by atoms with E-state index in [9.17, 15) is 53.1 Å². The third kappa shape index (κ3) is 34.8. The lowest BCUT2D eigenvalue weighted by Gasteiger charge is -2.39. The van der Waals surface area contributed by atoms with Crippen molar-refractivity contribution < 1.29 is 86.6 Å². The van der Waals surface area contributed by atoms with Crippen LogP contribution in [0.3, 0.4) is 0 Å². The van der Waals surface area contributed by atoms with E-state index in [1.54, 1.807) is 56.4 Å². The summed E-state index contributed by atoms with van der Waals surface area (Å²) in [5.41, 5.74) is 30.4. The fraction of sp³-hybridized carbons (Fsp3) is 0.556. The number of fused-ring (bicyclic) bond motifs is 2. The van der Waals surface area contributed by atoms with Crippen molar-refractivity contribution in [2.24, 2.45) is 34.6 Å². The largest absolute Gasteiger partial charge is 0.492 e. The van der Waals surface area contributed by atoms with E-state index in [-0.39, 0.29) is 128 Å². The minimum atomic E-state index is -1.95. The molecule has 1 aliphatic heterocycles. The number of nitrogens with one attached hydrogen (secondary N) is 15. The molecule has 0 unspecified atom stereocenters. The Balaban J connectivity index is 1.53. The van der Waals surface area contributed by atoms with Crippen molar-refractivity contribution >= 4 is 138 Å². The summed E-state index contributed by atoms with van der Waals surface area (Å²) in [5.74, 6) is -13.6. The van der Waals surface area contributed by atoms with Crippen molar-refractivity contribution in [1.29, 1.82) is 0 Å². The van der Waals surface area contributed by atoms with E-state index in [1.165, 1.54) is 34.6 Å². The van der Waals surface area contributed by atoms with Gasteiger partial charge in [0.1, 0.15) is 72.3 Å². The van der Waals surface area contributed by atoms with Crippen LogP contribution in [0.2, 0.25) is 0 Å². The molecule has 26 N–H and O–H groups in total. The highest BCUT2D eigenvalue weighted by Gasteiger charge is 2.47. The standard InChI is InChI=1S/C90H134N20O18S2/c1-50(2)42-67(77(95)117)98-49-61(46-71(93)115)101-78(118)65(27-16-20-40-97-54(6)113)107-87(127)90(12,36-17-18-37-91)110-83(123)69(45-57-28-31-58-23-13-14-24-59(58)43-57)104-81(121)68(44-56-29-33-62(34-30-56)128-41-38-92)105-86(126)76-89(10,11)130-129-88(8,9)75(100-55(7)114)85(125)106-70(47-72(94)116)82(122)108-74(52(4)111)84(124)103-66(35-32-60-48-99-73-51(3)22-21-25-63(60)73)79(119)102-64(80(120)109-76)26-15-19-39-96-53(5)112/h13-14,21-25,28-31,33-34,43,48,50,52,61,64-70,74-76,98-99,111H,15-20,26-27,32,35-42,44-47,49,91-92H2,1-12H3,(H2,93,115)(H2,94,116)(H2,95,117)(H,96,112)(H,97,113)(H,100,114)(H,101,118)(H,102,119)(H,103,124)(H,104,121)(H,105,126)(H,106,125)(H,107,127)(H,108,122)(H,109,120)(H,110,123)/t52-,61+,64+,65+,66+,67-,68+,69+,70+,74+,75-,76-,90+/m1/s1. The zero-order chi connectivity index (χ0) is 96.3. The molecule has 0 spiro atoms. The first kappa shape index (κ1) is 107.